The Morgan fingerprint density at radius 1 is 1.32 bits per heavy atom. The first-order chi connectivity index (χ1) is 8.99. The highest BCUT2D eigenvalue weighted by Gasteiger charge is 2.13. The van der Waals surface area contributed by atoms with Gasteiger partial charge in [-0.1, -0.05) is 26.0 Å². The zero-order valence-electron chi connectivity index (χ0n) is 11.9. The second kappa shape index (κ2) is 5.53. The summed E-state index contributed by atoms with van der Waals surface area (Å²) in [6, 6.07) is 7.46. The smallest absolute Gasteiger partial charge is 0.149 e. The third-order valence-corrected chi connectivity index (χ3v) is 2.99. The molecule has 0 saturated carbocycles. The van der Waals surface area contributed by atoms with E-state index < -0.39 is 0 Å². The van der Waals surface area contributed by atoms with E-state index in [0.717, 1.165) is 17.0 Å². The normalized spacial score (nSPS) is 11.3. The number of hydrogen-bond acceptors (Lipinski definition) is 2. The van der Waals surface area contributed by atoms with Crippen molar-refractivity contribution in [2.24, 2.45) is 0 Å². The summed E-state index contributed by atoms with van der Waals surface area (Å²) in [7, 11) is 0. The number of rotatable bonds is 4. The standard InChI is InChI=1S/C15H20FN3/c1-10(2)17-9-13-6-5-7-14(16)15(13)19-12(4)8-11(3)18-19/h5-8,10,17H,9H2,1-4H3. The van der Waals surface area contributed by atoms with E-state index in [9.17, 15) is 4.39 Å². The minimum atomic E-state index is -0.241. The van der Waals surface area contributed by atoms with Crippen LogP contribution in [0.5, 0.6) is 0 Å². The molecule has 0 unspecified atom stereocenters. The molecule has 0 fully saturated rings. The van der Waals surface area contributed by atoms with Crippen molar-refractivity contribution < 1.29 is 4.39 Å². The summed E-state index contributed by atoms with van der Waals surface area (Å²) in [4.78, 5) is 0. The fraction of sp³-hybridized carbons (Fsp3) is 0.400. The molecule has 1 aromatic carbocycles. The van der Waals surface area contributed by atoms with E-state index in [1.807, 2.05) is 26.0 Å². The number of nitrogens with one attached hydrogen (secondary N) is 1. The Hall–Kier alpha value is -1.68. The fourth-order valence-corrected chi connectivity index (χ4v) is 2.11. The van der Waals surface area contributed by atoms with E-state index in [1.165, 1.54) is 6.07 Å². The molecular weight excluding hydrogens is 241 g/mol. The summed E-state index contributed by atoms with van der Waals surface area (Å²) in [6.45, 7) is 8.62. The first-order valence-corrected chi connectivity index (χ1v) is 6.53. The van der Waals surface area contributed by atoms with Gasteiger partial charge in [-0.25, -0.2) is 9.07 Å². The minimum Gasteiger partial charge on any atom is -0.310 e. The van der Waals surface area contributed by atoms with Gasteiger partial charge in [0.1, 0.15) is 11.5 Å². The summed E-state index contributed by atoms with van der Waals surface area (Å²) in [5.74, 6) is -0.241. The van der Waals surface area contributed by atoms with E-state index in [0.29, 0.717) is 18.3 Å². The van der Waals surface area contributed by atoms with Crippen LogP contribution in [0.3, 0.4) is 0 Å². The van der Waals surface area contributed by atoms with Gasteiger partial charge in [-0.15, -0.1) is 0 Å². The highest BCUT2D eigenvalue weighted by Crippen LogP contribution is 2.20. The Morgan fingerprint density at radius 2 is 2.05 bits per heavy atom. The van der Waals surface area contributed by atoms with E-state index in [2.05, 4.69) is 24.3 Å². The summed E-state index contributed by atoms with van der Waals surface area (Å²) in [5, 5.41) is 7.70. The lowest BCUT2D eigenvalue weighted by Crippen LogP contribution is -2.23. The third kappa shape index (κ3) is 3.01. The maximum Gasteiger partial charge on any atom is 0.149 e. The zero-order valence-corrected chi connectivity index (χ0v) is 11.9. The van der Waals surface area contributed by atoms with Gasteiger partial charge in [0.05, 0.1) is 5.69 Å². The molecule has 2 rings (SSSR count). The number of halogens is 1. The predicted molar refractivity (Wildman–Crippen MR) is 75.0 cm³/mol. The molecule has 0 radical (unpaired) electrons. The van der Waals surface area contributed by atoms with Gasteiger partial charge in [0.2, 0.25) is 0 Å². The monoisotopic (exact) mass is 261 g/mol. The largest absolute Gasteiger partial charge is 0.310 e. The molecular formula is C15H20FN3. The molecule has 1 aromatic heterocycles. The Bertz CT molecular complexity index is 573. The average molecular weight is 261 g/mol. The summed E-state index contributed by atoms with van der Waals surface area (Å²) in [5.41, 5.74) is 3.29. The highest BCUT2D eigenvalue weighted by molar-refractivity contribution is 5.43. The van der Waals surface area contributed by atoms with Crippen LogP contribution in [0.1, 0.15) is 30.8 Å². The van der Waals surface area contributed by atoms with Crippen LogP contribution in [0.15, 0.2) is 24.3 Å². The van der Waals surface area contributed by atoms with E-state index in [-0.39, 0.29) is 5.82 Å². The number of para-hydroxylation sites is 1. The van der Waals surface area contributed by atoms with Gasteiger partial charge in [0.15, 0.2) is 0 Å². The lowest BCUT2D eigenvalue weighted by molar-refractivity contribution is 0.571. The molecule has 3 nitrogen and oxygen atoms in total. The van der Waals surface area contributed by atoms with E-state index >= 15 is 0 Å². The lowest BCUT2D eigenvalue weighted by atomic mass is 10.1. The number of hydrogen-bond donors (Lipinski definition) is 1. The molecule has 0 aliphatic carbocycles. The highest BCUT2D eigenvalue weighted by atomic mass is 19.1. The van der Waals surface area contributed by atoms with Crippen LogP contribution in [0.25, 0.3) is 5.69 Å². The molecule has 19 heavy (non-hydrogen) atoms. The van der Waals surface area contributed by atoms with Crippen molar-refractivity contribution in [3.63, 3.8) is 0 Å². The van der Waals surface area contributed by atoms with Gasteiger partial charge in [-0.3, -0.25) is 0 Å². The van der Waals surface area contributed by atoms with Crippen molar-refractivity contribution in [2.45, 2.75) is 40.3 Å². The van der Waals surface area contributed by atoms with Crippen LogP contribution in [0.4, 0.5) is 4.39 Å². The van der Waals surface area contributed by atoms with E-state index in [1.54, 1.807) is 10.7 Å². The van der Waals surface area contributed by atoms with Crippen molar-refractivity contribution >= 4 is 0 Å². The maximum atomic E-state index is 14.2. The molecule has 0 spiro atoms. The van der Waals surface area contributed by atoms with Crippen molar-refractivity contribution in [3.05, 3.63) is 47.0 Å². The summed E-state index contributed by atoms with van der Waals surface area (Å²) >= 11 is 0. The topological polar surface area (TPSA) is 29.9 Å². The number of nitrogens with zero attached hydrogens (tertiary/aromatic N) is 2. The van der Waals surface area contributed by atoms with Crippen LogP contribution in [0, 0.1) is 19.7 Å². The molecule has 102 valence electrons. The van der Waals surface area contributed by atoms with Gasteiger partial charge in [0, 0.05) is 18.3 Å². The Kier molecular flexibility index (Phi) is 4.00. The maximum absolute atomic E-state index is 14.2. The second-order valence-electron chi connectivity index (χ2n) is 5.12. The SMILES string of the molecule is Cc1cc(C)n(-c2c(F)cccc2CNC(C)C)n1. The van der Waals surface area contributed by atoms with Crippen LogP contribution in [0.2, 0.25) is 0 Å². The summed E-state index contributed by atoms with van der Waals surface area (Å²) < 4.78 is 15.8. The molecule has 1 N–H and O–H groups in total. The molecule has 0 aliphatic heterocycles. The van der Waals surface area contributed by atoms with Crippen LogP contribution < -0.4 is 5.32 Å². The van der Waals surface area contributed by atoms with Crippen LogP contribution in [-0.4, -0.2) is 15.8 Å². The molecule has 1 heterocycles. The van der Waals surface area contributed by atoms with Crippen molar-refractivity contribution in [2.75, 3.05) is 0 Å². The zero-order chi connectivity index (χ0) is 14.0. The predicted octanol–water partition coefficient (Wildman–Crippen LogP) is 3.13. The summed E-state index contributed by atoms with van der Waals surface area (Å²) in [6.07, 6.45) is 0. The molecule has 0 atom stereocenters. The molecule has 0 bridgehead atoms. The van der Waals surface area contributed by atoms with Gasteiger partial charge < -0.3 is 5.32 Å². The molecule has 0 amide bonds. The molecule has 0 aliphatic rings. The minimum absolute atomic E-state index is 0.241. The van der Waals surface area contributed by atoms with Gasteiger partial charge >= 0.3 is 0 Å². The van der Waals surface area contributed by atoms with E-state index in [4.69, 9.17) is 0 Å². The molecule has 0 saturated heterocycles. The Balaban J connectivity index is 2.46. The van der Waals surface area contributed by atoms with Crippen molar-refractivity contribution in [1.29, 1.82) is 0 Å². The first kappa shape index (κ1) is 13.7. The lowest BCUT2D eigenvalue weighted by Gasteiger charge is -2.14. The Labute approximate surface area is 113 Å². The van der Waals surface area contributed by atoms with Crippen molar-refractivity contribution in [3.8, 4) is 5.69 Å². The number of aromatic nitrogens is 2. The second-order valence-corrected chi connectivity index (χ2v) is 5.12. The van der Waals surface area contributed by atoms with Gasteiger partial charge in [0.25, 0.3) is 0 Å². The van der Waals surface area contributed by atoms with Gasteiger partial charge in [-0.2, -0.15) is 5.10 Å². The number of benzene rings is 1. The molecule has 4 heteroatoms. The Morgan fingerprint density at radius 3 is 2.63 bits per heavy atom. The molecule has 2 aromatic rings. The fourth-order valence-electron chi connectivity index (χ4n) is 2.11. The third-order valence-electron chi connectivity index (χ3n) is 2.99. The quantitative estimate of drug-likeness (QED) is 0.916. The van der Waals surface area contributed by atoms with Crippen molar-refractivity contribution in [1.82, 2.24) is 15.1 Å². The number of aryl methyl sites for hydroxylation is 2. The first-order valence-electron chi connectivity index (χ1n) is 6.53. The van der Waals surface area contributed by atoms with Crippen LogP contribution in [-0.2, 0) is 6.54 Å². The van der Waals surface area contributed by atoms with Crippen LogP contribution >= 0.6 is 0 Å². The van der Waals surface area contributed by atoms with Gasteiger partial charge in [-0.05, 0) is 31.5 Å². The average Bonchev–Trinajstić information content (AvgIpc) is 2.65.